The predicted octanol–water partition coefficient (Wildman–Crippen LogP) is 1.11. The van der Waals surface area contributed by atoms with Crippen LogP contribution in [0.5, 0.6) is 0 Å². The molecule has 0 aromatic heterocycles. The standard InChI is InChI=1S/C9H15NO2S/c1-13-9(4-5-9)7-10-6-2-3-8(11)12/h2-3,10H,4-7H2,1H3,(H,11,12)/b3-2+. The molecule has 0 amide bonds. The van der Waals surface area contributed by atoms with Crippen LogP contribution in [0.4, 0.5) is 0 Å². The van der Waals surface area contributed by atoms with Crippen LogP contribution < -0.4 is 5.32 Å². The van der Waals surface area contributed by atoms with Crippen molar-refractivity contribution in [2.45, 2.75) is 17.6 Å². The first-order valence-corrected chi connectivity index (χ1v) is 5.56. The molecule has 0 aliphatic heterocycles. The molecule has 3 nitrogen and oxygen atoms in total. The maximum atomic E-state index is 10.1. The molecule has 2 N–H and O–H groups in total. The lowest BCUT2D eigenvalue weighted by atomic mass is 10.4. The third kappa shape index (κ3) is 3.83. The molecule has 1 rings (SSSR count). The molecule has 0 bridgehead atoms. The Hall–Kier alpha value is -0.480. The number of carbonyl (C=O) groups is 1. The molecule has 0 heterocycles. The van der Waals surface area contributed by atoms with Crippen molar-refractivity contribution in [2.75, 3.05) is 19.3 Å². The normalized spacial score (nSPS) is 19.2. The molecule has 1 aliphatic carbocycles. The number of carboxylic acids is 1. The Morgan fingerprint density at radius 3 is 2.85 bits per heavy atom. The van der Waals surface area contributed by atoms with Gasteiger partial charge in [-0.25, -0.2) is 4.79 Å². The highest BCUT2D eigenvalue weighted by Crippen LogP contribution is 2.46. The molecule has 0 spiro atoms. The molecule has 4 heteroatoms. The van der Waals surface area contributed by atoms with E-state index in [2.05, 4.69) is 11.6 Å². The van der Waals surface area contributed by atoms with Crippen LogP contribution in [0.25, 0.3) is 0 Å². The smallest absolute Gasteiger partial charge is 0.328 e. The van der Waals surface area contributed by atoms with Gasteiger partial charge in [0.1, 0.15) is 0 Å². The molecule has 13 heavy (non-hydrogen) atoms. The van der Waals surface area contributed by atoms with Crippen LogP contribution in [0.1, 0.15) is 12.8 Å². The zero-order valence-corrected chi connectivity index (χ0v) is 8.56. The van der Waals surface area contributed by atoms with Crippen LogP contribution in [-0.2, 0) is 4.79 Å². The number of aliphatic carboxylic acids is 1. The lowest BCUT2D eigenvalue weighted by molar-refractivity contribution is -0.131. The summed E-state index contributed by atoms with van der Waals surface area (Å²) in [5.74, 6) is -0.882. The highest BCUT2D eigenvalue weighted by molar-refractivity contribution is 8.00. The number of hydrogen-bond acceptors (Lipinski definition) is 3. The van der Waals surface area contributed by atoms with Crippen molar-refractivity contribution in [2.24, 2.45) is 0 Å². The molecule has 1 saturated carbocycles. The topological polar surface area (TPSA) is 49.3 Å². The van der Waals surface area contributed by atoms with E-state index in [1.54, 1.807) is 6.08 Å². The van der Waals surface area contributed by atoms with Gasteiger partial charge in [0.2, 0.25) is 0 Å². The minimum Gasteiger partial charge on any atom is -0.478 e. The summed E-state index contributed by atoms with van der Waals surface area (Å²) in [6.45, 7) is 1.63. The summed E-state index contributed by atoms with van der Waals surface area (Å²) in [5.41, 5.74) is 0. The number of nitrogens with one attached hydrogen (secondary N) is 1. The Balaban J connectivity index is 2.04. The Labute approximate surface area is 82.6 Å². The van der Waals surface area contributed by atoms with E-state index in [0.29, 0.717) is 11.3 Å². The lowest BCUT2D eigenvalue weighted by Gasteiger charge is -2.11. The van der Waals surface area contributed by atoms with Crippen LogP contribution in [-0.4, -0.2) is 35.2 Å². The first kappa shape index (κ1) is 10.6. The van der Waals surface area contributed by atoms with Gasteiger partial charge in [-0.3, -0.25) is 0 Å². The van der Waals surface area contributed by atoms with Crippen LogP contribution >= 0.6 is 11.8 Å². The molecule has 0 atom stereocenters. The number of hydrogen-bond donors (Lipinski definition) is 2. The monoisotopic (exact) mass is 201 g/mol. The van der Waals surface area contributed by atoms with E-state index >= 15 is 0 Å². The Kier molecular flexibility index (Phi) is 3.81. The van der Waals surface area contributed by atoms with Gasteiger partial charge in [0.15, 0.2) is 0 Å². The summed E-state index contributed by atoms with van der Waals surface area (Å²) in [6, 6.07) is 0. The van der Waals surface area contributed by atoms with Crippen molar-refractivity contribution in [3.63, 3.8) is 0 Å². The van der Waals surface area contributed by atoms with E-state index in [0.717, 1.165) is 6.54 Å². The summed E-state index contributed by atoms with van der Waals surface area (Å²) < 4.78 is 0.455. The molecule has 0 aromatic rings. The van der Waals surface area contributed by atoms with Gasteiger partial charge in [0.05, 0.1) is 0 Å². The van der Waals surface area contributed by atoms with Crippen molar-refractivity contribution in [1.29, 1.82) is 0 Å². The highest BCUT2D eigenvalue weighted by atomic mass is 32.2. The molecule has 1 fully saturated rings. The fraction of sp³-hybridized carbons (Fsp3) is 0.667. The zero-order valence-electron chi connectivity index (χ0n) is 7.75. The molecule has 0 radical (unpaired) electrons. The summed E-state index contributed by atoms with van der Waals surface area (Å²) in [5, 5.41) is 11.5. The Morgan fingerprint density at radius 2 is 2.38 bits per heavy atom. The first-order valence-electron chi connectivity index (χ1n) is 4.34. The SMILES string of the molecule is CSC1(CNC/C=C/C(=O)O)CC1. The average molecular weight is 201 g/mol. The van der Waals surface area contributed by atoms with Crippen LogP contribution in [0.3, 0.4) is 0 Å². The molecule has 0 saturated heterocycles. The van der Waals surface area contributed by atoms with Crippen molar-refractivity contribution in [1.82, 2.24) is 5.32 Å². The van der Waals surface area contributed by atoms with Crippen molar-refractivity contribution < 1.29 is 9.90 Å². The maximum absolute atomic E-state index is 10.1. The molecular formula is C9H15NO2S. The van der Waals surface area contributed by atoms with Gasteiger partial charge in [0, 0.05) is 23.9 Å². The third-order valence-corrected chi connectivity index (χ3v) is 3.63. The van der Waals surface area contributed by atoms with Crippen LogP contribution in [0, 0.1) is 0 Å². The van der Waals surface area contributed by atoms with Crippen molar-refractivity contribution in [3.8, 4) is 0 Å². The lowest BCUT2D eigenvalue weighted by Crippen LogP contribution is -2.25. The largest absolute Gasteiger partial charge is 0.478 e. The van der Waals surface area contributed by atoms with E-state index in [1.807, 2.05) is 11.8 Å². The van der Waals surface area contributed by atoms with Gasteiger partial charge in [-0.2, -0.15) is 11.8 Å². The average Bonchev–Trinajstić information content (AvgIpc) is 2.84. The number of rotatable bonds is 6. The second-order valence-corrected chi connectivity index (χ2v) is 4.53. The van der Waals surface area contributed by atoms with E-state index in [1.165, 1.54) is 18.9 Å². The van der Waals surface area contributed by atoms with Crippen molar-refractivity contribution >= 4 is 17.7 Å². The molecule has 0 unspecified atom stereocenters. The summed E-state index contributed by atoms with van der Waals surface area (Å²) in [6.07, 6.45) is 7.50. The summed E-state index contributed by atoms with van der Waals surface area (Å²) in [4.78, 5) is 10.1. The first-order chi connectivity index (χ1) is 6.18. The van der Waals surface area contributed by atoms with Gasteiger partial charge in [-0.05, 0) is 19.1 Å². The Bertz CT molecular complexity index is 212. The zero-order chi connectivity index (χ0) is 9.73. The molecular weight excluding hydrogens is 186 g/mol. The van der Waals surface area contributed by atoms with Crippen LogP contribution in [0.15, 0.2) is 12.2 Å². The van der Waals surface area contributed by atoms with Gasteiger partial charge >= 0.3 is 5.97 Å². The molecule has 74 valence electrons. The van der Waals surface area contributed by atoms with Gasteiger partial charge in [-0.1, -0.05) is 6.08 Å². The quantitative estimate of drug-likeness (QED) is 0.499. The summed E-state index contributed by atoms with van der Waals surface area (Å²) in [7, 11) is 0. The van der Waals surface area contributed by atoms with Crippen molar-refractivity contribution in [3.05, 3.63) is 12.2 Å². The number of carboxylic acid groups (broad SMARTS) is 1. The fourth-order valence-corrected chi connectivity index (χ4v) is 1.89. The van der Waals surface area contributed by atoms with Gasteiger partial charge < -0.3 is 10.4 Å². The number of thioether (sulfide) groups is 1. The van der Waals surface area contributed by atoms with Gasteiger partial charge in [-0.15, -0.1) is 0 Å². The molecule has 1 aliphatic rings. The van der Waals surface area contributed by atoms with E-state index in [4.69, 9.17) is 5.11 Å². The highest BCUT2D eigenvalue weighted by Gasteiger charge is 2.40. The van der Waals surface area contributed by atoms with Crippen LogP contribution in [0.2, 0.25) is 0 Å². The van der Waals surface area contributed by atoms with E-state index in [9.17, 15) is 4.79 Å². The fourth-order valence-electron chi connectivity index (χ4n) is 1.14. The minimum absolute atomic E-state index is 0.455. The second kappa shape index (κ2) is 4.67. The maximum Gasteiger partial charge on any atom is 0.328 e. The third-order valence-electron chi connectivity index (χ3n) is 2.21. The molecule has 0 aromatic carbocycles. The van der Waals surface area contributed by atoms with E-state index in [-0.39, 0.29) is 0 Å². The minimum atomic E-state index is -0.882. The van der Waals surface area contributed by atoms with Gasteiger partial charge in [0.25, 0.3) is 0 Å². The summed E-state index contributed by atoms with van der Waals surface area (Å²) >= 11 is 1.90. The Morgan fingerprint density at radius 1 is 1.69 bits per heavy atom. The predicted molar refractivity (Wildman–Crippen MR) is 55.1 cm³/mol. The second-order valence-electron chi connectivity index (χ2n) is 3.26. The van der Waals surface area contributed by atoms with E-state index < -0.39 is 5.97 Å².